The minimum absolute atomic E-state index is 0.0934. The molecule has 1 aliphatic carbocycles. The average molecular weight is 438 g/mol. The van der Waals surface area contributed by atoms with Crippen molar-refractivity contribution >= 4 is 29.0 Å². The Morgan fingerprint density at radius 3 is 2.66 bits per heavy atom. The molecule has 0 radical (unpaired) electrons. The van der Waals surface area contributed by atoms with Crippen molar-refractivity contribution in [3.63, 3.8) is 0 Å². The van der Waals surface area contributed by atoms with E-state index in [1.807, 2.05) is 12.1 Å². The lowest BCUT2D eigenvalue weighted by Gasteiger charge is -2.30. The third-order valence-corrected chi connectivity index (χ3v) is 6.50. The number of nitrogens with two attached hydrogens (primary N) is 1. The topological polar surface area (TPSA) is 117 Å². The van der Waals surface area contributed by atoms with Gasteiger partial charge < -0.3 is 31.3 Å². The Morgan fingerprint density at radius 2 is 1.88 bits per heavy atom. The molecule has 1 saturated heterocycles. The van der Waals surface area contributed by atoms with E-state index >= 15 is 0 Å². The number of aromatic nitrogens is 2. The third-order valence-electron chi connectivity index (χ3n) is 6.50. The second kappa shape index (κ2) is 9.30. The molecule has 2 aromatic rings. The van der Waals surface area contributed by atoms with Gasteiger partial charge in [0, 0.05) is 49.5 Å². The number of benzene rings is 1. The van der Waals surface area contributed by atoms with Crippen LogP contribution in [-0.4, -0.2) is 60.8 Å². The van der Waals surface area contributed by atoms with Crippen molar-refractivity contribution in [1.29, 1.82) is 0 Å². The fourth-order valence-electron chi connectivity index (χ4n) is 4.68. The van der Waals surface area contributed by atoms with Gasteiger partial charge in [0.05, 0.1) is 18.9 Å². The zero-order chi connectivity index (χ0) is 21.9. The number of amides is 1. The van der Waals surface area contributed by atoms with Crippen molar-refractivity contribution in [2.45, 2.75) is 44.2 Å². The number of anilines is 4. The van der Waals surface area contributed by atoms with Crippen LogP contribution in [0.25, 0.3) is 0 Å². The number of hydrogen-bond acceptors (Lipinski definition) is 8. The summed E-state index contributed by atoms with van der Waals surface area (Å²) < 4.78 is 5.44. The first-order valence-electron chi connectivity index (χ1n) is 11.6. The van der Waals surface area contributed by atoms with E-state index in [0.717, 1.165) is 69.1 Å². The van der Waals surface area contributed by atoms with Crippen molar-refractivity contribution in [1.82, 2.24) is 15.3 Å². The summed E-state index contributed by atoms with van der Waals surface area (Å²) in [5.41, 5.74) is 9.64. The third kappa shape index (κ3) is 4.49. The van der Waals surface area contributed by atoms with Crippen molar-refractivity contribution in [2.75, 3.05) is 48.4 Å². The standard InChI is InChI=1S/C23H31N7O2/c24-17-3-1-2-4-18(17)27-23-28-19-9-10-25-22(31)20(19)21(29-23)26-15-5-7-16(8-6-15)30-11-13-32-14-12-30/h5-8,17-18H,1-4,9-14,24H2,(H,25,31)(H2,26,27,28,29)/t17-,18+/m0/s1. The summed E-state index contributed by atoms with van der Waals surface area (Å²) in [6, 6.07) is 8.45. The largest absolute Gasteiger partial charge is 0.378 e. The van der Waals surface area contributed by atoms with Gasteiger partial charge in [-0.1, -0.05) is 12.8 Å². The molecule has 9 heteroatoms. The van der Waals surface area contributed by atoms with Crippen LogP contribution in [0.5, 0.6) is 0 Å². The molecule has 2 aliphatic heterocycles. The maximum absolute atomic E-state index is 12.6. The summed E-state index contributed by atoms with van der Waals surface area (Å²) in [7, 11) is 0. The zero-order valence-electron chi connectivity index (χ0n) is 18.3. The van der Waals surface area contributed by atoms with E-state index in [4.69, 9.17) is 15.5 Å². The predicted molar refractivity (Wildman–Crippen MR) is 125 cm³/mol. The summed E-state index contributed by atoms with van der Waals surface area (Å²) in [4.78, 5) is 24.3. The molecular formula is C23H31N7O2. The van der Waals surface area contributed by atoms with Crippen LogP contribution in [0.15, 0.2) is 24.3 Å². The van der Waals surface area contributed by atoms with E-state index in [1.54, 1.807) is 0 Å². The van der Waals surface area contributed by atoms with E-state index in [1.165, 1.54) is 0 Å². The highest BCUT2D eigenvalue weighted by Crippen LogP contribution is 2.28. The van der Waals surface area contributed by atoms with Crippen LogP contribution in [0, 0.1) is 0 Å². The Kier molecular flexibility index (Phi) is 6.09. The summed E-state index contributed by atoms with van der Waals surface area (Å²) in [6.07, 6.45) is 5.01. The van der Waals surface area contributed by atoms with E-state index in [-0.39, 0.29) is 18.0 Å². The van der Waals surface area contributed by atoms with Gasteiger partial charge in [0.15, 0.2) is 0 Å². The minimum atomic E-state index is -0.139. The summed E-state index contributed by atoms with van der Waals surface area (Å²) >= 11 is 0. The maximum atomic E-state index is 12.6. The van der Waals surface area contributed by atoms with Gasteiger partial charge >= 0.3 is 0 Å². The van der Waals surface area contributed by atoms with Gasteiger partial charge in [-0.05, 0) is 37.1 Å². The number of carbonyl (C=O) groups is 1. The van der Waals surface area contributed by atoms with Gasteiger partial charge in [0.25, 0.3) is 5.91 Å². The van der Waals surface area contributed by atoms with Crippen molar-refractivity contribution in [3.8, 4) is 0 Å². The van der Waals surface area contributed by atoms with Gasteiger partial charge in [-0.25, -0.2) is 4.98 Å². The quantitative estimate of drug-likeness (QED) is 0.561. The lowest BCUT2D eigenvalue weighted by molar-refractivity contribution is 0.0945. The number of ether oxygens (including phenoxy) is 1. The smallest absolute Gasteiger partial charge is 0.256 e. The van der Waals surface area contributed by atoms with E-state index in [2.05, 4.69) is 38.0 Å². The first kappa shape index (κ1) is 21.0. The molecule has 3 heterocycles. The fraction of sp³-hybridized carbons (Fsp3) is 0.522. The monoisotopic (exact) mass is 437 g/mol. The number of fused-ring (bicyclic) bond motifs is 1. The Balaban J connectivity index is 1.39. The summed E-state index contributed by atoms with van der Waals surface area (Å²) in [5.74, 6) is 0.922. The Morgan fingerprint density at radius 1 is 1.09 bits per heavy atom. The van der Waals surface area contributed by atoms with Crippen molar-refractivity contribution < 1.29 is 9.53 Å². The molecule has 1 aromatic carbocycles. The van der Waals surface area contributed by atoms with E-state index in [0.29, 0.717) is 30.3 Å². The molecular weight excluding hydrogens is 406 g/mol. The minimum Gasteiger partial charge on any atom is -0.378 e. The molecule has 5 N–H and O–H groups in total. The predicted octanol–water partition coefficient (Wildman–Crippen LogP) is 2.02. The highest BCUT2D eigenvalue weighted by atomic mass is 16.5. The van der Waals surface area contributed by atoms with Crippen LogP contribution < -0.4 is 26.6 Å². The molecule has 2 fully saturated rings. The molecule has 9 nitrogen and oxygen atoms in total. The Hall–Kier alpha value is -2.91. The van der Waals surface area contributed by atoms with E-state index < -0.39 is 0 Å². The number of hydrogen-bond donors (Lipinski definition) is 4. The van der Waals surface area contributed by atoms with Gasteiger partial charge in [-0.15, -0.1) is 0 Å². The molecule has 2 atom stereocenters. The van der Waals surface area contributed by atoms with Gasteiger partial charge in [0.1, 0.15) is 11.4 Å². The van der Waals surface area contributed by atoms with Crippen LogP contribution in [0.1, 0.15) is 41.7 Å². The molecule has 170 valence electrons. The molecule has 3 aliphatic rings. The SMILES string of the molecule is N[C@H]1CCCC[C@H]1Nc1nc2c(c(Nc3ccc(N4CCOCC4)cc3)n1)C(=O)NCC2. The average Bonchev–Trinajstić information content (AvgIpc) is 2.82. The molecule has 1 amide bonds. The van der Waals surface area contributed by atoms with Gasteiger partial charge in [-0.2, -0.15) is 4.98 Å². The molecule has 1 saturated carbocycles. The van der Waals surface area contributed by atoms with Crippen LogP contribution >= 0.6 is 0 Å². The van der Waals surface area contributed by atoms with Gasteiger partial charge in [-0.3, -0.25) is 4.79 Å². The number of carbonyl (C=O) groups excluding carboxylic acids is 1. The normalized spacial score (nSPS) is 23.3. The Bertz CT molecular complexity index is 960. The number of nitrogens with zero attached hydrogens (tertiary/aromatic N) is 3. The second-order valence-electron chi connectivity index (χ2n) is 8.69. The zero-order valence-corrected chi connectivity index (χ0v) is 18.3. The van der Waals surface area contributed by atoms with E-state index in [9.17, 15) is 4.79 Å². The molecule has 0 unspecified atom stereocenters. The highest BCUT2D eigenvalue weighted by Gasteiger charge is 2.27. The van der Waals surface area contributed by atoms with Crippen LogP contribution in [0.3, 0.4) is 0 Å². The van der Waals surface area contributed by atoms with Crippen molar-refractivity contribution in [3.05, 3.63) is 35.5 Å². The molecule has 5 rings (SSSR count). The number of nitrogens with one attached hydrogen (secondary N) is 3. The number of morpholine rings is 1. The lowest BCUT2D eigenvalue weighted by atomic mass is 9.91. The lowest BCUT2D eigenvalue weighted by Crippen LogP contribution is -2.43. The summed E-state index contributed by atoms with van der Waals surface area (Å²) in [6.45, 7) is 3.87. The number of rotatable bonds is 5. The fourth-order valence-corrected chi connectivity index (χ4v) is 4.68. The first-order chi connectivity index (χ1) is 15.7. The summed E-state index contributed by atoms with van der Waals surface area (Å²) in [5, 5.41) is 9.70. The first-order valence-corrected chi connectivity index (χ1v) is 11.6. The van der Waals surface area contributed by atoms with Crippen LogP contribution in [0.2, 0.25) is 0 Å². The Labute approximate surface area is 188 Å². The molecule has 0 spiro atoms. The molecule has 0 bridgehead atoms. The molecule has 1 aromatic heterocycles. The maximum Gasteiger partial charge on any atom is 0.256 e. The highest BCUT2D eigenvalue weighted by molar-refractivity contribution is 6.01. The second-order valence-corrected chi connectivity index (χ2v) is 8.69. The molecule has 32 heavy (non-hydrogen) atoms. The van der Waals surface area contributed by atoms with Crippen LogP contribution in [0.4, 0.5) is 23.1 Å². The van der Waals surface area contributed by atoms with Gasteiger partial charge in [0.2, 0.25) is 5.95 Å². The van der Waals surface area contributed by atoms with Crippen LogP contribution in [-0.2, 0) is 11.2 Å². The van der Waals surface area contributed by atoms with Crippen molar-refractivity contribution in [2.24, 2.45) is 5.73 Å².